The van der Waals surface area contributed by atoms with Crippen molar-refractivity contribution in [3.05, 3.63) is 18.0 Å². The SMILES string of the molecule is COC(=O)CCSc1ncc(CNCC(C)C)cn1. The van der Waals surface area contributed by atoms with Gasteiger partial charge in [-0.1, -0.05) is 25.6 Å². The second-order valence-electron chi connectivity index (χ2n) is 4.57. The van der Waals surface area contributed by atoms with Gasteiger partial charge in [0.2, 0.25) is 0 Å². The molecule has 1 rings (SSSR count). The molecule has 0 bridgehead atoms. The molecule has 1 aromatic rings. The summed E-state index contributed by atoms with van der Waals surface area (Å²) >= 11 is 1.46. The number of hydrogen-bond donors (Lipinski definition) is 1. The van der Waals surface area contributed by atoms with Gasteiger partial charge in [-0.05, 0) is 12.5 Å². The fourth-order valence-electron chi connectivity index (χ4n) is 1.34. The molecule has 1 heterocycles. The molecule has 19 heavy (non-hydrogen) atoms. The number of carbonyl (C=O) groups is 1. The van der Waals surface area contributed by atoms with E-state index in [1.807, 2.05) is 12.4 Å². The number of nitrogens with one attached hydrogen (secondary N) is 1. The monoisotopic (exact) mass is 283 g/mol. The van der Waals surface area contributed by atoms with Gasteiger partial charge in [0.15, 0.2) is 5.16 Å². The smallest absolute Gasteiger partial charge is 0.306 e. The molecule has 0 aromatic carbocycles. The number of thioether (sulfide) groups is 1. The maximum absolute atomic E-state index is 10.9. The number of carbonyl (C=O) groups excluding carboxylic acids is 1. The quantitative estimate of drug-likeness (QED) is 0.446. The first-order chi connectivity index (χ1) is 9.11. The molecule has 0 aliphatic heterocycles. The van der Waals surface area contributed by atoms with Crippen LogP contribution in [0.2, 0.25) is 0 Å². The minimum Gasteiger partial charge on any atom is -0.469 e. The van der Waals surface area contributed by atoms with Gasteiger partial charge < -0.3 is 10.1 Å². The summed E-state index contributed by atoms with van der Waals surface area (Å²) in [6, 6.07) is 0. The molecule has 5 nitrogen and oxygen atoms in total. The largest absolute Gasteiger partial charge is 0.469 e. The zero-order chi connectivity index (χ0) is 14.1. The summed E-state index contributed by atoms with van der Waals surface area (Å²) < 4.78 is 4.57. The number of aromatic nitrogens is 2. The van der Waals surface area contributed by atoms with E-state index in [1.165, 1.54) is 18.9 Å². The highest BCUT2D eigenvalue weighted by molar-refractivity contribution is 7.99. The molecule has 0 saturated carbocycles. The van der Waals surface area contributed by atoms with Crippen molar-refractivity contribution in [2.75, 3.05) is 19.4 Å². The van der Waals surface area contributed by atoms with Crippen LogP contribution in [0.3, 0.4) is 0 Å². The second-order valence-corrected chi connectivity index (χ2v) is 5.64. The minimum atomic E-state index is -0.206. The molecule has 1 aromatic heterocycles. The van der Waals surface area contributed by atoms with Gasteiger partial charge in [0.05, 0.1) is 13.5 Å². The number of esters is 1. The van der Waals surface area contributed by atoms with Crippen molar-refractivity contribution in [1.29, 1.82) is 0 Å². The lowest BCUT2D eigenvalue weighted by molar-refractivity contribution is -0.140. The molecule has 0 aliphatic carbocycles. The molecular weight excluding hydrogens is 262 g/mol. The molecular formula is C13H21N3O2S. The lowest BCUT2D eigenvalue weighted by Crippen LogP contribution is -2.19. The van der Waals surface area contributed by atoms with Crippen LogP contribution in [-0.2, 0) is 16.1 Å². The van der Waals surface area contributed by atoms with Gasteiger partial charge in [0.1, 0.15) is 0 Å². The van der Waals surface area contributed by atoms with Crippen LogP contribution in [0.5, 0.6) is 0 Å². The van der Waals surface area contributed by atoms with Crippen molar-refractivity contribution >= 4 is 17.7 Å². The van der Waals surface area contributed by atoms with Gasteiger partial charge in [0.25, 0.3) is 0 Å². The number of rotatable bonds is 8. The Morgan fingerprint density at radius 1 is 1.42 bits per heavy atom. The predicted octanol–water partition coefficient (Wildman–Crippen LogP) is 1.88. The Hall–Kier alpha value is -1.14. The van der Waals surface area contributed by atoms with E-state index in [0.717, 1.165) is 18.7 Å². The maximum Gasteiger partial charge on any atom is 0.306 e. The third-order valence-electron chi connectivity index (χ3n) is 2.33. The third kappa shape index (κ3) is 7.12. The van der Waals surface area contributed by atoms with E-state index < -0.39 is 0 Å². The standard InChI is InChI=1S/C13H21N3O2S/c1-10(2)6-14-7-11-8-15-13(16-9-11)19-5-4-12(17)18-3/h8-10,14H,4-7H2,1-3H3. The van der Waals surface area contributed by atoms with Crippen LogP contribution in [0.1, 0.15) is 25.8 Å². The number of hydrogen-bond acceptors (Lipinski definition) is 6. The highest BCUT2D eigenvalue weighted by Crippen LogP contribution is 2.13. The number of nitrogens with zero attached hydrogens (tertiary/aromatic N) is 2. The molecule has 0 spiro atoms. The van der Waals surface area contributed by atoms with Crippen molar-refractivity contribution in [1.82, 2.24) is 15.3 Å². The van der Waals surface area contributed by atoms with Gasteiger partial charge >= 0.3 is 5.97 Å². The van der Waals surface area contributed by atoms with E-state index in [0.29, 0.717) is 23.2 Å². The van der Waals surface area contributed by atoms with E-state index in [9.17, 15) is 4.79 Å². The fraction of sp³-hybridized carbons (Fsp3) is 0.615. The molecule has 0 radical (unpaired) electrons. The highest BCUT2D eigenvalue weighted by atomic mass is 32.2. The van der Waals surface area contributed by atoms with Gasteiger partial charge in [-0.2, -0.15) is 0 Å². The van der Waals surface area contributed by atoms with E-state index in [4.69, 9.17) is 0 Å². The molecule has 6 heteroatoms. The summed E-state index contributed by atoms with van der Waals surface area (Å²) in [6.45, 7) is 6.11. The molecule has 0 saturated heterocycles. The molecule has 0 fully saturated rings. The third-order valence-corrected chi connectivity index (χ3v) is 3.21. The Balaban J connectivity index is 2.29. The van der Waals surface area contributed by atoms with Crippen molar-refractivity contribution in [2.45, 2.75) is 32.0 Å². The average Bonchev–Trinajstić information content (AvgIpc) is 2.40. The average molecular weight is 283 g/mol. The van der Waals surface area contributed by atoms with E-state index >= 15 is 0 Å². The van der Waals surface area contributed by atoms with Gasteiger partial charge in [0, 0.05) is 30.3 Å². The topological polar surface area (TPSA) is 64.1 Å². The minimum absolute atomic E-state index is 0.206. The van der Waals surface area contributed by atoms with E-state index in [1.54, 1.807) is 0 Å². The van der Waals surface area contributed by atoms with Gasteiger partial charge in [-0.3, -0.25) is 4.79 Å². The molecule has 106 valence electrons. The van der Waals surface area contributed by atoms with E-state index in [-0.39, 0.29) is 5.97 Å². The number of methoxy groups -OCH3 is 1. The van der Waals surface area contributed by atoms with Gasteiger partial charge in [-0.15, -0.1) is 0 Å². The van der Waals surface area contributed by atoms with Crippen LogP contribution in [0.4, 0.5) is 0 Å². The first-order valence-electron chi connectivity index (χ1n) is 6.33. The zero-order valence-corrected chi connectivity index (χ0v) is 12.5. The summed E-state index contributed by atoms with van der Waals surface area (Å²) in [5.41, 5.74) is 1.07. The molecule has 0 aliphatic rings. The summed E-state index contributed by atoms with van der Waals surface area (Å²) in [5.74, 6) is 1.06. The Kier molecular flexibility index (Phi) is 7.43. The molecule has 0 amide bonds. The Bertz CT molecular complexity index is 382. The van der Waals surface area contributed by atoms with Crippen LogP contribution >= 0.6 is 11.8 Å². The predicted molar refractivity (Wildman–Crippen MR) is 75.9 cm³/mol. The van der Waals surface area contributed by atoms with Crippen molar-refractivity contribution in [2.24, 2.45) is 5.92 Å². The van der Waals surface area contributed by atoms with Crippen molar-refractivity contribution in [3.8, 4) is 0 Å². The zero-order valence-electron chi connectivity index (χ0n) is 11.7. The van der Waals surface area contributed by atoms with Crippen LogP contribution < -0.4 is 5.32 Å². The van der Waals surface area contributed by atoms with Crippen LogP contribution in [0.25, 0.3) is 0 Å². The molecule has 0 unspecified atom stereocenters. The Morgan fingerprint density at radius 3 is 2.68 bits per heavy atom. The summed E-state index contributed by atoms with van der Waals surface area (Å²) in [4.78, 5) is 19.5. The van der Waals surface area contributed by atoms with Gasteiger partial charge in [-0.25, -0.2) is 9.97 Å². The summed E-state index contributed by atoms with van der Waals surface area (Å²) in [6.07, 6.45) is 4.02. The molecule has 0 atom stereocenters. The highest BCUT2D eigenvalue weighted by Gasteiger charge is 2.03. The summed E-state index contributed by atoms with van der Waals surface area (Å²) in [7, 11) is 1.39. The Labute approximate surface area is 118 Å². The van der Waals surface area contributed by atoms with Crippen LogP contribution in [0.15, 0.2) is 17.6 Å². The fourth-order valence-corrected chi connectivity index (χ4v) is 2.05. The lowest BCUT2D eigenvalue weighted by Gasteiger charge is -2.07. The Morgan fingerprint density at radius 2 is 2.11 bits per heavy atom. The number of ether oxygens (including phenoxy) is 1. The molecule has 1 N–H and O–H groups in total. The first kappa shape index (κ1) is 15.9. The second kappa shape index (κ2) is 8.87. The van der Waals surface area contributed by atoms with Crippen LogP contribution in [0, 0.1) is 5.92 Å². The van der Waals surface area contributed by atoms with Crippen LogP contribution in [-0.4, -0.2) is 35.3 Å². The van der Waals surface area contributed by atoms with Crippen molar-refractivity contribution in [3.63, 3.8) is 0 Å². The maximum atomic E-state index is 10.9. The van der Waals surface area contributed by atoms with E-state index in [2.05, 4.69) is 33.9 Å². The first-order valence-corrected chi connectivity index (χ1v) is 7.31. The van der Waals surface area contributed by atoms with Crippen molar-refractivity contribution < 1.29 is 9.53 Å². The lowest BCUT2D eigenvalue weighted by atomic mass is 10.2. The summed E-state index contributed by atoms with van der Waals surface area (Å²) in [5, 5.41) is 4.03. The normalized spacial score (nSPS) is 10.7.